The molecule has 1 saturated heterocycles. The van der Waals surface area contributed by atoms with Crippen LogP contribution in [-0.4, -0.2) is 67.9 Å². The Morgan fingerprint density at radius 2 is 1.87 bits per heavy atom. The lowest BCUT2D eigenvalue weighted by molar-refractivity contribution is -0.384. The number of para-hydroxylation sites is 2. The van der Waals surface area contributed by atoms with Gasteiger partial charge in [-0.1, -0.05) is 43.2 Å². The maximum absolute atomic E-state index is 12.7. The molecular formula is C19H25N7O3S. The molecule has 4 rings (SSSR count). The van der Waals surface area contributed by atoms with E-state index in [1.54, 1.807) is 18.2 Å². The van der Waals surface area contributed by atoms with Crippen LogP contribution >= 0.6 is 11.8 Å². The number of nitrogens with zero attached hydrogens (tertiary/aromatic N) is 7. The highest BCUT2D eigenvalue weighted by atomic mass is 32.2. The lowest BCUT2D eigenvalue weighted by Gasteiger charge is -2.35. The summed E-state index contributed by atoms with van der Waals surface area (Å²) in [5.41, 5.74) is 0.706. The van der Waals surface area contributed by atoms with Crippen molar-refractivity contribution in [3.05, 3.63) is 34.4 Å². The predicted octanol–water partition coefficient (Wildman–Crippen LogP) is 2.53. The Bertz CT molecular complexity index is 892. The van der Waals surface area contributed by atoms with Crippen LogP contribution in [0.15, 0.2) is 29.4 Å². The minimum absolute atomic E-state index is 0.0420. The molecule has 0 spiro atoms. The van der Waals surface area contributed by atoms with Crippen LogP contribution in [0.3, 0.4) is 0 Å². The third-order valence-electron chi connectivity index (χ3n) is 5.76. The second-order valence-electron chi connectivity index (χ2n) is 7.60. The van der Waals surface area contributed by atoms with Crippen molar-refractivity contribution < 1.29 is 9.72 Å². The lowest BCUT2D eigenvalue weighted by atomic mass is 9.96. The zero-order chi connectivity index (χ0) is 20.9. The van der Waals surface area contributed by atoms with E-state index in [1.807, 2.05) is 14.5 Å². The van der Waals surface area contributed by atoms with Crippen molar-refractivity contribution in [2.24, 2.45) is 0 Å². The minimum atomic E-state index is -0.361. The topological polar surface area (TPSA) is 110 Å². The molecule has 2 aromatic rings. The van der Waals surface area contributed by atoms with Crippen LogP contribution in [0.4, 0.5) is 11.4 Å². The van der Waals surface area contributed by atoms with Gasteiger partial charge in [-0.3, -0.25) is 14.9 Å². The molecule has 0 N–H and O–H groups in total. The van der Waals surface area contributed by atoms with Gasteiger partial charge in [0.2, 0.25) is 11.1 Å². The predicted molar refractivity (Wildman–Crippen MR) is 113 cm³/mol. The van der Waals surface area contributed by atoms with Crippen LogP contribution < -0.4 is 4.90 Å². The SMILES string of the molecule is O=C(CSc1nnnn1C1CCCCC1)N1CCN(c2ccccc2[N+](=O)[O-])CC1. The third-order valence-corrected chi connectivity index (χ3v) is 6.68. The third kappa shape index (κ3) is 4.55. The van der Waals surface area contributed by atoms with Gasteiger partial charge in [0.15, 0.2) is 0 Å². The Balaban J connectivity index is 1.31. The first-order valence-electron chi connectivity index (χ1n) is 10.3. The number of thioether (sulfide) groups is 1. The number of carbonyl (C=O) groups excluding carboxylic acids is 1. The van der Waals surface area contributed by atoms with Crippen molar-refractivity contribution in [2.45, 2.75) is 43.3 Å². The highest BCUT2D eigenvalue weighted by Crippen LogP contribution is 2.31. The van der Waals surface area contributed by atoms with Crippen molar-refractivity contribution in [1.82, 2.24) is 25.1 Å². The van der Waals surface area contributed by atoms with Gasteiger partial charge in [0.25, 0.3) is 5.69 Å². The standard InChI is InChI=1S/C19H25N7O3S/c27-18(14-30-19-20-21-22-25(19)15-6-2-1-3-7-15)24-12-10-23(11-13-24)16-8-4-5-9-17(16)26(28)29/h4-5,8-9,15H,1-3,6-7,10-14H2. The van der Waals surface area contributed by atoms with Crippen LogP contribution in [-0.2, 0) is 4.79 Å². The first-order chi connectivity index (χ1) is 14.6. The maximum Gasteiger partial charge on any atom is 0.292 e. The Labute approximate surface area is 178 Å². The van der Waals surface area contributed by atoms with Crippen LogP contribution in [0.1, 0.15) is 38.1 Å². The molecule has 1 amide bonds. The van der Waals surface area contributed by atoms with Crippen LogP contribution in [0.2, 0.25) is 0 Å². The number of hydrogen-bond acceptors (Lipinski definition) is 8. The van der Waals surface area contributed by atoms with Gasteiger partial charge in [0.05, 0.1) is 16.7 Å². The second kappa shape index (κ2) is 9.41. The lowest BCUT2D eigenvalue weighted by Crippen LogP contribution is -2.49. The number of nitro groups is 1. The van der Waals surface area contributed by atoms with Gasteiger partial charge in [-0.05, 0) is 29.3 Å². The molecule has 1 aliphatic carbocycles. The molecule has 2 aliphatic rings. The largest absolute Gasteiger partial charge is 0.362 e. The molecule has 0 bridgehead atoms. The Morgan fingerprint density at radius 3 is 2.60 bits per heavy atom. The molecule has 0 atom stereocenters. The van der Waals surface area contributed by atoms with Gasteiger partial charge >= 0.3 is 0 Å². The molecule has 1 aromatic carbocycles. The smallest absolute Gasteiger partial charge is 0.292 e. The average Bonchev–Trinajstić information content (AvgIpc) is 3.27. The molecule has 1 aromatic heterocycles. The Kier molecular flexibility index (Phi) is 6.46. The monoisotopic (exact) mass is 431 g/mol. The average molecular weight is 432 g/mol. The molecule has 0 unspecified atom stereocenters. The zero-order valence-corrected chi connectivity index (χ0v) is 17.5. The Hall–Kier alpha value is -2.69. The van der Waals surface area contributed by atoms with Crippen LogP contribution in [0.25, 0.3) is 0 Å². The van der Waals surface area contributed by atoms with Crippen molar-refractivity contribution in [3.8, 4) is 0 Å². The molecule has 10 nitrogen and oxygen atoms in total. The van der Waals surface area contributed by atoms with Crippen molar-refractivity contribution >= 4 is 29.0 Å². The Morgan fingerprint density at radius 1 is 1.13 bits per heavy atom. The maximum atomic E-state index is 12.7. The number of carbonyl (C=O) groups is 1. The normalized spacial score (nSPS) is 17.9. The molecule has 30 heavy (non-hydrogen) atoms. The van der Waals surface area contributed by atoms with Crippen molar-refractivity contribution in [1.29, 1.82) is 0 Å². The quantitative estimate of drug-likeness (QED) is 0.390. The molecular weight excluding hydrogens is 406 g/mol. The summed E-state index contributed by atoms with van der Waals surface area (Å²) in [7, 11) is 0. The number of benzene rings is 1. The molecule has 2 heterocycles. The molecule has 11 heteroatoms. The van der Waals surface area contributed by atoms with E-state index < -0.39 is 0 Å². The van der Waals surface area contributed by atoms with Gasteiger partial charge in [0.1, 0.15) is 5.69 Å². The summed E-state index contributed by atoms with van der Waals surface area (Å²) in [4.78, 5) is 27.4. The van der Waals surface area contributed by atoms with E-state index in [1.165, 1.54) is 37.1 Å². The van der Waals surface area contributed by atoms with E-state index in [4.69, 9.17) is 0 Å². The van der Waals surface area contributed by atoms with E-state index in [-0.39, 0.29) is 16.5 Å². The van der Waals surface area contributed by atoms with E-state index in [9.17, 15) is 14.9 Å². The number of rotatable bonds is 6. The number of aromatic nitrogens is 4. The van der Waals surface area contributed by atoms with E-state index >= 15 is 0 Å². The van der Waals surface area contributed by atoms with Gasteiger partial charge < -0.3 is 9.80 Å². The van der Waals surface area contributed by atoms with Crippen molar-refractivity contribution in [2.75, 3.05) is 36.8 Å². The molecule has 2 fully saturated rings. The summed E-state index contributed by atoms with van der Waals surface area (Å²) in [6.45, 7) is 2.22. The summed E-state index contributed by atoms with van der Waals surface area (Å²) >= 11 is 1.39. The summed E-state index contributed by atoms with van der Waals surface area (Å²) in [6, 6.07) is 7.07. The molecule has 1 aliphatic heterocycles. The second-order valence-corrected chi connectivity index (χ2v) is 8.54. The van der Waals surface area contributed by atoms with Crippen LogP contribution in [0, 0.1) is 10.1 Å². The van der Waals surface area contributed by atoms with E-state index in [0.29, 0.717) is 48.8 Å². The fraction of sp³-hybridized carbons (Fsp3) is 0.579. The van der Waals surface area contributed by atoms with Gasteiger partial charge in [0, 0.05) is 32.2 Å². The highest BCUT2D eigenvalue weighted by Gasteiger charge is 2.26. The number of piperazine rings is 1. The van der Waals surface area contributed by atoms with Crippen LogP contribution in [0.5, 0.6) is 0 Å². The number of hydrogen-bond donors (Lipinski definition) is 0. The summed E-state index contributed by atoms with van der Waals surface area (Å²) in [5, 5.41) is 24.0. The highest BCUT2D eigenvalue weighted by molar-refractivity contribution is 7.99. The minimum Gasteiger partial charge on any atom is -0.362 e. The number of nitro benzene ring substituents is 1. The van der Waals surface area contributed by atoms with Gasteiger partial charge in [-0.25, -0.2) is 4.68 Å². The molecule has 0 radical (unpaired) electrons. The fourth-order valence-electron chi connectivity index (χ4n) is 4.14. The summed E-state index contributed by atoms with van der Waals surface area (Å²) in [6.07, 6.45) is 5.81. The molecule has 160 valence electrons. The first-order valence-corrected chi connectivity index (χ1v) is 11.3. The van der Waals surface area contributed by atoms with E-state index in [2.05, 4.69) is 15.5 Å². The number of anilines is 1. The van der Waals surface area contributed by atoms with E-state index in [0.717, 1.165) is 12.8 Å². The van der Waals surface area contributed by atoms with Gasteiger partial charge in [-0.2, -0.15) is 0 Å². The summed E-state index contributed by atoms with van der Waals surface area (Å²) < 4.78 is 1.88. The van der Waals surface area contributed by atoms with Crippen molar-refractivity contribution in [3.63, 3.8) is 0 Å². The fourth-order valence-corrected chi connectivity index (χ4v) is 4.98. The zero-order valence-electron chi connectivity index (χ0n) is 16.7. The first kappa shape index (κ1) is 20.6. The van der Waals surface area contributed by atoms with Gasteiger partial charge in [-0.15, -0.1) is 5.10 Å². The number of tetrazole rings is 1. The summed E-state index contributed by atoms with van der Waals surface area (Å²) in [5.74, 6) is 0.332. The molecule has 1 saturated carbocycles. The number of amides is 1.